The van der Waals surface area contributed by atoms with Gasteiger partial charge in [-0.2, -0.15) is 5.10 Å². The monoisotopic (exact) mass is 436 g/mol. The molecule has 8 heteroatoms. The van der Waals surface area contributed by atoms with Crippen LogP contribution in [0.2, 0.25) is 0 Å². The van der Waals surface area contributed by atoms with E-state index in [4.69, 9.17) is 0 Å². The Bertz CT molecular complexity index is 1030. The second kappa shape index (κ2) is 8.52. The van der Waals surface area contributed by atoms with Gasteiger partial charge >= 0.3 is 0 Å². The first-order chi connectivity index (χ1) is 15.2. The summed E-state index contributed by atoms with van der Waals surface area (Å²) in [4.78, 5) is 2.15. The molecular formula is C24H32N6O2. The minimum atomic E-state index is -0.0183. The second-order valence-electron chi connectivity index (χ2n) is 9.80. The van der Waals surface area contributed by atoms with E-state index < -0.39 is 0 Å². The minimum absolute atomic E-state index is 0.0183. The fourth-order valence-corrected chi connectivity index (χ4v) is 5.00. The third-order valence-electron chi connectivity index (χ3n) is 5.92. The molecule has 0 radical (unpaired) electrons. The Morgan fingerprint density at radius 2 is 1.84 bits per heavy atom. The zero-order chi connectivity index (χ0) is 22.9. The normalized spacial score (nSPS) is 17.9. The van der Waals surface area contributed by atoms with Crippen LogP contribution in [-0.4, -0.2) is 60.5 Å². The summed E-state index contributed by atoms with van der Waals surface area (Å²) < 4.78 is 1.69. The summed E-state index contributed by atoms with van der Waals surface area (Å²) in [6.07, 6.45) is 5.39. The van der Waals surface area contributed by atoms with Crippen LogP contribution in [0, 0.1) is 0 Å². The van der Waals surface area contributed by atoms with Crippen molar-refractivity contribution >= 4 is 5.82 Å². The number of nitrogens with zero attached hydrogens (tertiary/aromatic N) is 5. The third kappa shape index (κ3) is 4.76. The number of piperidine rings is 1. The number of nitrogens with one attached hydrogen (secondary N) is 1. The number of aliphatic hydroxyl groups excluding tert-OH is 1. The lowest BCUT2D eigenvalue weighted by Crippen LogP contribution is -2.62. The van der Waals surface area contributed by atoms with Crippen molar-refractivity contribution < 1.29 is 10.2 Å². The molecule has 0 aliphatic carbocycles. The van der Waals surface area contributed by atoms with Gasteiger partial charge in [0.1, 0.15) is 5.75 Å². The first-order valence-electron chi connectivity index (χ1n) is 11.0. The van der Waals surface area contributed by atoms with E-state index in [1.807, 2.05) is 36.5 Å². The number of hydrogen-bond donors (Lipinski definition) is 3. The van der Waals surface area contributed by atoms with Gasteiger partial charge in [-0.1, -0.05) is 0 Å². The van der Waals surface area contributed by atoms with Crippen LogP contribution in [-0.2, 0) is 0 Å². The average Bonchev–Trinajstić information content (AvgIpc) is 3.25. The molecule has 2 aromatic heterocycles. The topological polar surface area (TPSA) is 99.3 Å². The number of phenolic OH excluding ortho intramolecular Hbond substituents is 1. The maximum atomic E-state index is 10.6. The fraction of sp³-hybridized carbons (Fsp3) is 0.458. The van der Waals surface area contributed by atoms with Gasteiger partial charge in [0.2, 0.25) is 0 Å². The molecule has 1 aromatic carbocycles. The minimum Gasteiger partial charge on any atom is -0.507 e. The van der Waals surface area contributed by atoms with Crippen molar-refractivity contribution in [3.05, 3.63) is 48.8 Å². The number of phenols is 1. The Balaban J connectivity index is 1.59. The number of aromatic hydroxyl groups is 1. The second-order valence-corrected chi connectivity index (χ2v) is 9.80. The van der Waals surface area contributed by atoms with Crippen molar-refractivity contribution in [2.45, 2.75) is 57.7 Å². The molecule has 0 bridgehead atoms. The van der Waals surface area contributed by atoms with Crippen LogP contribution in [0.1, 0.15) is 40.5 Å². The van der Waals surface area contributed by atoms with Crippen LogP contribution in [0.15, 0.2) is 48.8 Å². The van der Waals surface area contributed by atoms with Gasteiger partial charge in [0.25, 0.3) is 0 Å². The third-order valence-corrected chi connectivity index (χ3v) is 5.92. The molecule has 3 N–H and O–H groups in total. The van der Waals surface area contributed by atoms with Crippen molar-refractivity contribution in [3.8, 4) is 22.7 Å². The van der Waals surface area contributed by atoms with Gasteiger partial charge in [-0.05, 0) is 70.9 Å². The number of hydrogen-bond acceptors (Lipinski definition) is 7. The van der Waals surface area contributed by atoms with Gasteiger partial charge in [0.15, 0.2) is 5.82 Å². The maximum absolute atomic E-state index is 10.6. The fourth-order valence-electron chi connectivity index (χ4n) is 5.00. The molecule has 0 saturated carbocycles. The molecule has 1 aliphatic rings. The Labute approximate surface area is 188 Å². The molecule has 0 unspecified atom stereocenters. The number of rotatable bonds is 6. The van der Waals surface area contributed by atoms with Crippen LogP contribution >= 0.6 is 0 Å². The average molecular weight is 437 g/mol. The van der Waals surface area contributed by atoms with Gasteiger partial charge < -0.3 is 20.4 Å². The molecule has 170 valence electrons. The summed E-state index contributed by atoms with van der Waals surface area (Å²) in [5.41, 5.74) is 1.93. The summed E-state index contributed by atoms with van der Waals surface area (Å²) in [5, 5.41) is 37.1. The molecule has 1 fully saturated rings. The molecule has 1 aliphatic heterocycles. The molecule has 3 heterocycles. The van der Waals surface area contributed by atoms with Gasteiger partial charge in [0, 0.05) is 47.7 Å². The number of anilines is 1. The van der Waals surface area contributed by atoms with E-state index in [-0.39, 0.29) is 29.5 Å². The summed E-state index contributed by atoms with van der Waals surface area (Å²) in [6.45, 7) is 9.38. The largest absolute Gasteiger partial charge is 0.507 e. The highest BCUT2D eigenvalue weighted by molar-refractivity contribution is 5.69. The maximum Gasteiger partial charge on any atom is 0.151 e. The van der Waals surface area contributed by atoms with Gasteiger partial charge in [-0.3, -0.25) is 0 Å². The quantitative estimate of drug-likeness (QED) is 0.546. The Morgan fingerprint density at radius 1 is 1.09 bits per heavy atom. The van der Waals surface area contributed by atoms with Crippen molar-refractivity contribution in [1.29, 1.82) is 0 Å². The highest BCUT2D eigenvalue weighted by Crippen LogP contribution is 2.34. The molecule has 8 nitrogen and oxygen atoms in total. The van der Waals surface area contributed by atoms with Crippen LogP contribution in [0.4, 0.5) is 5.82 Å². The highest BCUT2D eigenvalue weighted by Gasteiger charge is 2.40. The molecule has 32 heavy (non-hydrogen) atoms. The first-order valence-corrected chi connectivity index (χ1v) is 11.0. The summed E-state index contributed by atoms with van der Waals surface area (Å²) in [6, 6.07) is 11.2. The van der Waals surface area contributed by atoms with Crippen molar-refractivity contribution in [2.24, 2.45) is 0 Å². The molecule has 4 rings (SSSR count). The summed E-state index contributed by atoms with van der Waals surface area (Å²) >= 11 is 0. The summed E-state index contributed by atoms with van der Waals surface area (Å²) in [5.74, 6) is 0.850. The zero-order valence-corrected chi connectivity index (χ0v) is 19.2. The molecule has 0 atom stereocenters. The van der Waals surface area contributed by atoms with Crippen LogP contribution in [0.3, 0.4) is 0 Å². The lowest BCUT2D eigenvalue weighted by atomic mass is 9.79. The zero-order valence-electron chi connectivity index (χ0n) is 19.2. The lowest BCUT2D eigenvalue weighted by molar-refractivity contribution is 0.155. The van der Waals surface area contributed by atoms with Crippen molar-refractivity contribution in [2.75, 3.05) is 18.1 Å². The predicted octanol–water partition coefficient (Wildman–Crippen LogP) is 3.14. The Morgan fingerprint density at radius 3 is 2.41 bits per heavy atom. The van der Waals surface area contributed by atoms with Crippen LogP contribution in [0.25, 0.3) is 16.9 Å². The number of aliphatic hydroxyl groups is 1. The molecule has 1 saturated heterocycles. The first kappa shape index (κ1) is 22.2. The van der Waals surface area contributed by atoms with E-state index in [9.17, 15) is 10.2 Å². The van der Waals surface area contributed by atoms with Crippen molar-refractivity contribution in [3.63, 3.8) is 0 Å². The Kier molecular flexibility index (Phi) is 5.92. The van der Waals surface area contributed by atoms with E-state index in [0.29, 0.717) is 17.8 Å². The van der Waals surface area contributed by atoms with Crippen molar-refractivity contribution in [1.82, 2.24) is 25.3 Å². The van der Waals surface area contributed by atoms with Gasteiger partial charge in [0.05, 0.1) is 18.0 Å². The Hall–Kier alpha value is -2.97. The van der Waals surface area contributed by atoms with E-state index in [1.54, 1.807) is 16.9 Å². The standard InChI is InChI=1S/C24H32N6O2/c1-23(2)15-18(16-24(3,4)28-23)29(12-13-31)22-9-8-20(26-27-22)19-7-6-17(14-21(19)32)30-11-5-10-25-30/h5-11,14,18,28,31-32H,12-13,15-16H2,1-4H3. The van der Waals surface area contributed by atoms with E-state index in [2.05, 4.69) is 53.2 Å². The smallest absolute Gasteiger partial charge is 0.151 e. The van der Waals surface area contributed by atoms with E-state index >= 15 is 0 Å². The van der Waals surface area contributed by atoms with E-state index in [0.717, 1.165) is 24.3 Å². The molecular weight excluding hydrogens is 404 g/mol. The lowest BCUT2D eigenvalue weighted by Gasteiger charge is -2.49. The van der Waals surface area contributed by atoms with E-state index in [1.165, 1.54) is 0 Å². The van der Waals surface area contributed by atoms with Crippen LogP contribution in [0.5, 0.6) is 5.75 Å². The predicted molar refractivity (Wildman–Crippen MR) is 125 cm³/mol. The number of aromatic nitrogens is 4. The number of benzene rings is 1. The summed E-state index contributed by atoms with van der Waals surface area (Å²) in [7, 11) is 0. The van der Waals surface area contributed by atoms with Gasteiger partial charge in [-0.25, -0.2) is 4.68 Å². The van der Waals surface area contributed by atoms with Gasteiger partial charge in [-0.15, -0.1) is 10.2 Å². The SMILES string of the molecule is CC1(C)CC(N(CCO)c2ccc(-c3ccc(-n4cccn4)cc3O)nn2)CC(C)(C)N1. The van der Waals surface area contributed by atoms with Crippen LogP contribution < -0.4 is 10.2 Å². The highest BCUT2D eigenvalue weighted by atomic mass is 16.3. The molecule has 0 amide bonds. The molecule has 0 spiro atoms. The molecule has 3 aromatic rings.